The average Bonchev–Trinajstić information content (AvgIpc) is 2.31. The molecule has 1 nitrogen and oxygen atoms in total. The molecular formula is C13H7ClFN. The van der Waals surface area contributed by atoms with Gasteiger partial charge in [-0.15, -0.1) is 0 Å². The summed E-state index contributed by atoms with van der Waals surface area (Å²) in [6.07, 6.45) is 1.77. The van der Waals surface area contributed by atoms with Crippen LogP contribution in [0.3, 0.4) is 0 Å². The topological polar surface area (TPSA) is 12.9 Å². The quantitative estimate of drug-likeness (QED) is 0.529. The van der Waals surface area contributed by atoms with E-state index in [4.69, 9.17) is 11.6 Å². The predicted molar refractivity (Wildman–Crippen MR) is 64.2 cm³/mol. The van der Waals surface area contributed by atoms with Gasteiger partial charge < -0.3 is 0 Å². The van der Waals surface area contributed by atoms with Crippen LogP contribution in [0.5, 0.6) is 0 Å². The third kappa shape index (κ3) is 1.34. The molecule has 0 radical (unpaired) electrons. The number of nitrogens with zero attached hydrogens (tertiary/aromatic N) is 1. The summed E-state index contributed by atoms with van der Waals surface area (Å²) in [4.78, 5) is 4.26. The van der Waals surface area contributed by atoms with Crippen LogP contribution in [0.15, 0.2) is 42.6 Å². The number of hydrogen-bond acceptors (Lipinski definition) is 1. The van der Waals surface area contributed by atoms with Crippen LogP contribution in [0.4, 0.5) is 4.39 Å². The largest absolute Gasteiger partial charge is 0.256 e. The molecule has 0 saturated heterocycles. The number of aromatic nitrogens is 1. The molecule has 3 aromatic rings. The molecule has 0 N–H and O–H groups in total. The Morgan fingerprint density at radius 3 is 2.75 bits per heavy atom. The van der Waals surface area contributed by atoms with Crippen molar-refractivity contribution in [2.75, 3.05) is 0 Å². The van der Waals surface area contributed by atoms with Gasteiger partial charge in [0.1, 0.15) is 5.82 Å². The van der Waals surface area contributed by atoms with Crippen LogP contribution in [0.25, 0.3) is 21.7 Å². The third-order valence-corrected chi connectivity index (χ3v) is 2.92. The van der Waals surface area contributed by atoms with Crippen molar-refractivity contribution in [3.05, 3.63) is 53.4 Å². The predicted octanol–water partition coefficient (Wildman–Crippen LogP) is 4.18. The summed E-state index contributed by atoms with van der Waals surface area (Å²) in [6.45, 7) is 0. The van der Waals surface area contributed by atoms with E-state index >= 15 is 0 Å². The summed E-state index contributed by atoms with van der Waals surface area (Å²) in [5.41, 5.74) is 0.713. The van der Waals surface area contributed by atoms with Crippen LogP contribution >= 0.6 is 11.6 Å². The maximum absolute atomic E-state index is 13.4. The van der Waals surface area contributed by atoms with E-state index in [1.54, 1.807) is 12.3 Å². The monoisotopic (exact) mass is 231 g/mol. The van der Waals surface area contributed by atoms with Crippen molar-refractivity contribution < 1.29 is 4.39 Å². The van der Waals surface area contributed by atoms with Gasteiger partial charge in [0.05, 0.1) is 10.5 Å². The van der Waals surface area contributed by atoms with Gasteiger partial charge in [-0.1, -0.05) is 35.9 Å². The number of benzene rings is 2. The molecule has 0 fully saturated rings. The fraction of sp³-hybridized carbons (Fsp3) is 0. The molecule has 3 heteroatoms. The van der Waals surface area contributed by atoms with E-state index in [1.165, 1.54) is 6.07 Å². The first-order valence-corrected chi connectivity index (χ1v) is 5.26. The minimum absolute atomic E-state index is 0.107. The summed E-state index contributed by atoms with van der Waals surface area (Å²) in [5, 5.41) is 2.88. The number of halogens is 2. The molecule has 0 aliphatic rings. The van der Waals surface area contributed by atoms with Crippen LogP contribution < -0.4 is 0 Å². The van der Waals surface area contributed by atoms with Crippen molar-refractivity contribution in [2.24, 2.45) is 0 Å². The summed E-state index contributed by atoms with van der Waals surface area (Å²) in [7, 11) is 0. The second kappa shape index (κ2) is 3.42. The smallest absolute Gasteiger partial charge is 0.142 e. The minimum atomic E-state index is -0.410. The zero-order valence-electron chi connectivity index (χ0n) is 8.24. The Labute approximate surface area is 96.5 Å². The molecule has 0 amide bonds. The van der Waals surface area contributed by atoms with Crippen LogP contribution in [0.1, 0.15) is 0 Å². The molecule has 0 spiro atoms. The fourth-order valence-electron chi connectivity index (χ4n) is 1.85. The van der Waals surface area contributed by atoms with E-state index in [0.29, 0.717) is 5.52 Å². The average molecular weight is 232 g/mol. The highest BCUT2D eigenvalue weighted by molar-refractivity contribution is 6.31. The second-order valence-corrected chi connectivity index (χ2v) is 4.04. The molecule has 3 rings (SSSR count). The lowest BCUT2D eigenvalue weighted by atomic mass is 10.1. The molecule has 16 heavy (non-hydrogen) atoms. The molecule has 78 valence electrons. The molecule has 0 atom stereocenters. The Kier molecular flexibility index (Phi) is 2.04. The van der Waals surface area contributed by atoms with Crippen LogP contribution in [-0.4, -0.2) is 4.98 Å². The first kappa shape index (κ1) is 9.55. The molecule has 0 bridgehead atoms. The van der Waals surface area contributed by atoms with Crippen molar-refractivity contribution in [1.29, 1.82) is 0 Å². The van der Waals surface area contributed by atoms with Gasteiger partial charge in [0.2, 0.25) is 0 Å². The fourth-order valence-corrected chi connectivity index (χ4v) is 2.01. The second-order valence-electron chi connectivity index (χ2n) is 3.63. The lowest BCUT2D eigenvalue weighted by Gasteiger charge is -2.03. The maximum atomic E-state index is 13.4. The summed E-state index contributed by atoms with van der Waals surface area (Å²) >= 11 is 5.72. The molecule has 0 saturated carbocycles. The lowest BCUT2D eigenvalue weighted by Crippen LogP contribution is -1.84. The molecule has 1 heterocycles. The SMILES string of the molecule is Fc1cc2c(cc1Cl)ncc1ccccc12. The molecular weight excluding hydrogens is 225 g/mol. The van der Waals surface area contributed by atoms with Crippen molar-refractivity contribution >= 4 is 33.3 Å². The first-order valence-electron chi connectivity index (χ1n) is 4.88. The molecule has 0 unspecified atom stereocenters. The summed E-state index contributed by atoms with van der Waals surface area (Å²) in [6, 6.07) is 10.8. The van der Waals surface area contributed by atoms with Gasteiger partial charge in [0.25, 0.3) is 0 Å². The number of hydrogen-bond donors (Lipinski definition) is 0. The minimum Gasteiger partial charge on any atom is -0.256 e. The van der Waals surface area contributed by atoms with Crippen LogP contribution in [0, 0.1) is 5.82 Å². The van der Waals surface area contributed by atoms with Gasteiger partial charge in [0, 0.05) is 17.0 Å². The van der Waals surface area contributed by atoms with Crippen LogP contribution in [0.2, 0.25) is 5.02 Å². The third-order valence-electron chi connectivity index (χ3n) is 2.63. The van der Waals surface area contributed by atoms with Gasteiger partial charge >= 0.3 is 0 Å². The Morgan fingerprint density at radius 2 is 1.88 bits per heavy atom. The van der Waals surface area contributed by atoms with Crippen molar-refractivity contribution in [3.63, 3.8) is 0 Å². The van der Waals surface area contributed by atoms with Crippen molar-refractivity contribution in [3.8, 4) is 0 Å². The first-order chi connectivity index (χ1) is 7.75. The van der Waals surface area contributed by atoms with E-state index in [-0.39, 0.29) is 5.02 Å². The van der Waals surface area contributed by atoms with Gasteiger partial charge in [-0.25, -0.2) is 4.39 Å². The lowest BCUT2D eigenvalue weighted by molar-refractivity contribution is 0.630. The Balaban J connectivity index is 2.55. The Morgan fingerprint density at radius 1 is 1.06 bits per heavy atom. The molecule has 0 aliphatic heterocycles. The van der Waals surface area contributed by atoms with E-state index in [9.17, 15) is 4.39 Å². The highest BCUT2D eigenvalue weighted by Gasteiger charge is 2.06. The van der Waals surface area contributed by atoms with Crippen molar-refractivity contribution in [1.82, 2.24) is 4.98 Å². The number of rotatable bonds is 0. The van der Waals surface area contributed by atoms with E-state index in [0.717, 1.165) is 16.2 Å². The highest BCUT2D eigenvalue weighted by Crippen LogP contribution is 2.27. The van der Waals surface area contributed by atoms with Gasteiger partial charge in [-0.3, -0.25) is 4.98 Å². The molecule has 2 aromatic carbocycles. The summed E-state index contributed by atoms with van der Waals surface area (Å²) in [5.74, 6) is -0.410. The Bertz CT molecular complexity index is 694. The van der Waals surface area contributed by atoms with Gasteiger partial charge in [-0.2, -0.15) is 0 Å². The zero-order chi connectivity index (χ0) is 11.1. The van der Waals surface area contributed by atoms with E-state index < -0.39 is 5.82 Å². The standard InChI is InChI=1S/C13H7ClFN/c14-11-6-13-10(5-12(11)15)9-4-2-1-3-8(9)7-16-13/h1-7H. The van der Waals surface area contributed by atoms with E-state index in [2.05, 4.69) is 4.98 Å². The maximum Gasteiger partial charge on any atom is 0.142 e. The molecule has 0 aliphatic carbocycles. The van der Waals surface area contributed by atoms with Crippen molar-refractivity contribution in [2.45, 2.75) is 0 Å². The van der Waals surface area contributed by atoms with Gasteiger partial charge in [-0.05, 0) is 17.5 Å². The molecule has 1 aromatic heterocycles. The zero-order valence-corrected chi connectivity index (χ0v) is 9.00. The highest BCUT2D eigenvalue weighted by atomic mass is 35.5. The van der Waals surface area contributed by atoms with Crippen LogP contribution in [-0.2, 0) is 0 Å². The number of pyridine rings is 1. The van der Waals surface area contributed by atoms with Gasteiger partial charge in [0.15, 0.2) is 0 Å². The number of fused-ring (bicyclic) bond motifs is 3. The normalized spacial score (nSPS) is 11.1. The Hall–Kier alpha value is -1.67. The van der Waals surface area contributed by atoms with E-state index in [1.807, 2.05) is 24.3 Å². The summed E-state index contributed by atoms with van der Waals surface area (Å²) < 4.78 is 13.4.